The molecule has 1 heterocycles. The molecule has 0 saturated carbocycles. The number of anilines is 3. The predicted molar refractivity (Wildman–Crippen MR) is 68.1 cm³/mol. The summed E-state index contributed by atoms with van der Waals surface area (Å²) in [6.45, 7) is 1.99. The Kier molecular flexibility index (Phi) is 2.97. The molecule has 0 spiro atoms. The first kappa shape index (κ1) is 10.8. The summed E-state index contributed by atoms with van der Waals surface area (Å²) in [5.41, 5.74) is 8.27. The van der Waals surface area contributed by atoms with Crippen molar-refractivity contribution in [3.05, 3.63) is 47.1 Å². The van der Waals surface area contributed by atoms with Gasteiger partial charge >= 0.3 is 0 Å². The fourth-order valence-electron chi connectivity index (χ4n) is 1.37. The van der Waals surface area contributed by atoms with Crippen molar-refractivity contribution < 1.29 is 0 Å². The Morgan fingerprint density at radius 3 is 2.75 bits per heavy atom. The number of aryl methyl sites for hydroxylation is 1. The highest BCUT2D eigenvalue weighted by Crippen LogP contribution is 2.25. The van der Waals surface area contributed by atoms with E-state index in [1.165, 1.54) is 0 Å². The highest BCUT2D eigenvalue weighted by molar-refractivity contribution is 6.33. The summed E-state index contributed by atoms with van der Waals surface area (Å²) >= 11 is 6.10. The van der Waals surface area contributed by atoms with Crippen LogP contribution in [0.1, 0.15) is 5.56 Å². The third-order valence-electron chi connectivity index (χ3n) is 2.17. The Balaban J connectivity index is 2.27. The maximum Gasteiger partial charge on any atom is 0.132 e. The van der Waals surface area contributed by atoms with E-state index in [1.807, 2.05) is 25.1 Å². The van der Waals surface area contributed by atoms with E-state index >= 15 is 0 Å². The fraction of sp³-hybridized carbons (Fsp3) is 0.0833. The zero-order valence-corrected chi connectivity index (χ0v) is 9.62. The average Bonchev–Trinajstić information content (AvgIpc) is 2.22. The van der Waals surface area contributed by atoms with Crippen molar-refractivity contribution in [2.75, 3.05) is 11.1 Å². The van der Waals surface area contributed by atoms with Gasteiger partial charge in [0.15, 0.2) is 0 Å². The molecule has 1 aromatic carbocycles. The van der Waals surface area contributed by atoms with Crippen molar-refractivity contribution in [2.24, 2.45) is 0 Å². The maximum atomic E-state index is 6.10. The Morgan fingerprint density at radius 2 is 2.06 bits per heavy atom. The molecule has 3 nitrogen and oxygen atoms in total. The zero-order valence-electron chi connectivity index (χ0n) is 8.87. The van der Waals surface area contributed by atoms with Crippen LogP contribution in [0, 0.1) is 6.92 Å². The predicted octanol–water partition coefficient (Wildman–Crippen LogP) is 3.37. The lowest BCUT2D eigenvalue weighted by atomic mass is 10.2. The SMILES string of the molecule is Cc1ccc(Nc2cc(N)ccn2)c(Cl)c1. The van der Waals surface area contributed by atoms with Crippen molar-refractivity contribution in [3.63, 3.8) is 0 Å². The van der Waals surface area contributed by atoms with Gasteiger partial charge in [-0.1, -0.05) is 17.7 Å². The minimum Gasteiger partial charge on any atom is -0.399 e. The number of pyridine rings is 1. The molecule has 0 aliphatic carbocycles. The standard InChI is InChI=1S/C12H12ClN3/c1-8-2-3-11(10(13)6-8)16-12-7-9(14)4-5-15-12/h2-7H,1H3,(H3,14,15,16). The molecule has 3 N–H and O–H groups in total. The number of nitrogens with one attached hydrogen (secondary N) is 1. The smallest absolute Gasteiger partial charge is 0.132 e. The zero-order chi connectivity index (χ0) is 11.5. The average molecular weight is 234 g/mol. The normalized spacial score (nSPS) is 10.1. The Labute approximate surface area is 99.3 Å². The van der Waals surface area contributed by atoms with Crippen LogP contribution in [0.3, 0.4) is 0 Å². The second-order valence-electron chi connectivity index (χ2n) is 3.58. The topological polar surface area (TPSA) is 50.9 Å². The van der Waals surface area contributed by atoms with Crippen molar-refractivity contribution in [2.45, 2.75) is 6.92 Å². The molecule has 0 fully saturated rings. The Hall–Kier alpha value is -1.74. The molecule has 0 atom stereocenters. The highest BCUT2D eigenvalue weighted by Gasteiger charge is 2.01. The molecule has 16 heavy (non-hydrogen) atoms. The molecule has 1 aromatic heterocycles. The lowest BCUT2D eigenvalue weighted by Crippen LogP contribution is -1.95. The number of nitrogen functional groups attached to an aromatic ring is 1. The summed E-state index contributed by atoms with van der Waals surface area (Å²) in [4.78, 5) is 4.15. The summed E-state index contributed by atoms with van der Waals surface area (Å²) in [6.07, 6.45) is 1.65. The minimum atomic E-state index is 0.667. The third-order valence-corrected chi connectivity index (χ3v) is 2.48. The van der Waals surface area contributed by atoms with Crippen molar-refractivity contribution in [3.8, 4) is 0 Å². The van der Waals surface area contributed by atoms with Gasteiger partial charge in [-0.05, 0) is 30.7 Å². The van der Waals surface area contributed by atoms with Crippen LogP contribution >= 0.6 is 11.6 Å². The van der Waals surface area contributed by atoms with Crippen molar-refractivity contribution in [1.82, 2.24) is 4.98 Å². The van der Waals surface area contributed by atoms with E-state index in [4.69, 9.17) is 17.3 Å². The molecule has 4 heteroatoms. The van der Waals surface area contributed by atoms with E-state index < -0.39 is 0 Å². The molecule has 2 aromatic rings. The second-order valence-corrected chi connectivity index (χ2v) is 3.99. The van der Waals surface area contributed by atoms with Crippen LogP contribution < -0.4 is 11.1 Å². The van der Waals surface area contributed by atoms with E-state index in [2.05, 4.69) is 10.3 Å². The number of hydrogen-bond donors (Lipinski definition) is 2. The Bertz CT molecular complexity index is 511. The first-order chi connectivity index (χ1) is 7.65. The highest BCUT2D eigenvalue weighted by atomic mass is 35.5. The van der Waals surface area contributed by atoms with Crippen LogP contribution in [0.2, 0.25) is 5.02 Å². The summed E-state index contributed by atoms with van der Waals surface area (Å²) in [6, 6.07) is 9.30. The third kappa shape index (κ3) is 2.44. The number of rotatable bonds is 2. The molecular weight excluding hydrogens is 222 g/mol. The van der Waals surface area contributed by atoms with Gasteiger partial charge in [0.2, 0.25) is 0 Å². The van der Waals surface area contributed by atoms with Gasteiger partial charge < -0.3 is 11.1 Å². The molecule has 82 valence electrons. The van der Waals surface area contributed by atoms with Crippen LogP contribution in [0.25, 0.3) is 0 Å². The summed E-state index contributed by atoms with van der Waals surface area (Å²) in [5.74, 6) is 0.686. The Morgan fingerprint density at radius 1 is 1.25 bits per heavy atom. The largest absolute Gasteiger partial charge is 0.399 e. The molecule has 2 rings (SSSR count). The molecule has 0 aliphatic rings. The second kappa shape index (κ2) is 4.41. The number of aromatic nitrogens is 1. The van der Waals surface area contributed by atoms with Gasteiger partial charge in [0.1, 0.15) is 5.82 Å². The number of nitrogens with two attached hydrogens (primary N) is 1. The van der Waals surface area contributed by atoms with Crippen LogP contribution in [-0.4, -0.2) is 4.98 Å². The summed E-state index contributed by atoms with van der Waals surface area (Å²) in [5, 5.41) is 3.79. The van der Waals surface area contributed by atoms with E-state index in [0.29, 0.717) is 16.5 Å². The lowest BCUT2D eigenvalue weighted by molar-refractivity contribution is 1.31. The van der Waals surface area contributed by atoms with Crippen molar-refractivity contribution >= 4 is 28.8 Å². The fourth-order valence-corrected chi connectivity index (χ4v) is 1.66. The number of halogens is 1. The number of benzene rings is 1. The van der Waals surface area contributed by atoms with Crippen LogP contribution in [0.5, 0.6) is 0 Å². The van der Waals surface area contributed by atoms with Gasteiger partial charge in [-0.3, -0.25) is 0 Å². The molecule has 0 radical (unpaired) electrons. The van der Waals surface area contributed by atoms with Crippen LogP contribution in [0.4, 0.5) is 17.2 Å². The maximum absolute atomic E-state index is 6.10. The first-order valence-electron chi connectivity index (χ1n) is 4.90. The monoisotopic (exact) mass is 233 g/mol. The van der Waals surface area contributed by atoms with Crippen LogP contribution in [0.15, 0.2) is 36.5 Å². The number of nitrogens with zero attached hydrogens (tertiary/aromatic N) is 1. The van der Waals surface area contributed by atoms with Gasteiger partial charge in [-0.15, -0.1) is 0 Å². The number of hydrogen-bond acceptors (Lipinski definition) is 3. The molecular formula is C12H12ClN3. The lowest BCUT2D eigenvalue weighted by Gasteiger charge is -2.08. The molecule has 0 saturated heterocycles. The van der Waals surface area contributed by atoms with Gasteiger partial charge in [0, 0.05) is 18.0 Å². The summed E-state index contributed by atoms with van der Waals surface area (Å²) in [7, 11) is 0. The first-order valence-corrected chi connectivity index (χ1v) is 5.27. The minimum absolute atomic E-state index is 0.667. The van der Waals surface area contributed by atoms with Gasteiger partial charge in [-0.25, -0.2) is 4.98 Å². The van der Waals surface area contributed by atoms with Gasteiger partial charge in [0.25, 0.3) is 0 Å². The van der Waals surface area contributed by atoms with Gasteiger partial charge in [0.05, 0.1) is 10.7 Å². The molecule has 0 amide bonds. The molecule has 0 aliphatic heterocycles. The van der Waals surface area contributed by atoms with Crippen LogP contribution in [-0.2, 0) is 0 Å². The van der Waals surface area contributed by atoms with E-state index in [0.717, 1.165) is 11.3 Å². The van der Waals surface area contributed by atoms with Gasteiger partial charge in [-0.2, -0.15) is 0 Å². The molecule has 0 unspecified atom stereocenters. The van der Waals surface area contributed by atoms with E-state index in [1.54, 1.807) is 18.3 Å². The van der Waals surface area contributed by atoms with Crippen molar-refractivity contribution in [1.29, 1.82) is 0 Å². The summed E-state index contributed by atoms with van der Waals surface area (Å²) < 4.78 is 0. The quantitative estimate of drug-likeness (QED) is 0.836. The van der Waals surface area contributed by atoms with E-state index in [-0.39, 0.29) is 0 Å². The van der Waals surface area contributed by atoms with E-state index in [9.17, 15) is 0 Å². The molecule has 0 bridgehead atoms.